The maximum atomic E-state index is 9.90. The van der Waals surface area contributed by atoms with Crippen LogP contribution in [-0.2, 0) is 25.0 Å². The molecule has 0 radical (unpaired) electrons. The minimum absolute atomic E-state index is 0.0224. The van der Waals surface area contributed by atoms with Crippen LogP contribution in [0, 0.1) is 0 Å². The Labute approximate surface area is 80.2 Å². The van der Waals surface area contributed by atoms with E-state index < -0.39 is 11.4 Å². The Kier molecular flexibility index (Phi) is 7.91. The molecule has 6 heteroatoms. The summed E-state index contributed by atoms with van der Waals surface area (Å²) < 4.78 is 34.0. The van der Waals surface area contributed by atoms with Crippen molar-refractivity contribution in [2.45, 2.75) is 13.0 Å². The number of hydrogen-bond donors (Lipinski definition) is 0. The molecule has 0 aromatic carbocycles. The highest BCUT2D eigenvalue weighted by atomic mass is 32.2. The van der Waals surface area contributed by atoms with Gasteiger partial charge in [-0.25, -0.2) is 4.21 Å². The van der Waals surface area contributed by atoms with E-state index in [0.717, 1.165) is 0 Å². The third-order valence-electron chi connectivity index (χ3n) is 1.11. The Hall–Kier alpha value is -0.430. The first-order valence-electron chi connectivity index (χ1n) is 3.73. The molecule has 2 unspecified atom stereocenters. The number of rotatable bonds is 8. The molecular weight excluding hydrogens is 196 g/mol. The first-order chi connectivity index (χ1) is 6.16. The maximum absolute atomic E-state index is 9.90. The molecule has 0 N–H and O–H groups in total. The van der Waals surface area contributed by atoms with Crippen LogP contribution >= 0.6 is 0 Å². The van der Waals surface area contributed by atoms with Crippen molar-refractivity contribution in [3.8, 4) is 0 Å². The molecule has 0 saturated carbocycles. The molecule has 0 aromatic heterocycles. The summed E-state index contributed by atoms with van der Waals surface area (Å²) in [4.78, 5) is 0. The summed E-state index contributed by atoms with van der Waals surface area (Å²) in [5.74, 6) is 0. The van der Waals surface area contributed by atoms with E-state index in [0.29, 0.717) is 6.61 Å². The van der Waals surface area contributed by atoms with E-state index in [9.17, 15) is 8.76 Å². The Bertz CT molecular complexity index is 161. The van der Waals surface area contributed by atoms with Crippen LogP contribution in [0.3, 0.4) is 0 Å². The van der Waals surface area contributed by atoms with Gasteiger partial charge < -0.3 is 14.0 Å². The fraction of sp³-hybridized carbons (Fsp3) is 0.714. The van der Waals surface area contributed by atoms with Gasteiger partial charge in [-0.1, -0.05) is 6.58 Å². The summed E-state index contributed by atoms with van der Waals surface area (Å²) in [5.41, 5.74) is 0. The van der Waals surface area contributed by atoms with Crippen LogP contribution in [0.1, 0.15) is 6.92 Å². The lowest BCUT2D eigenvalue weighted by Crippen LogP contribution is -2.17. The zero-order valence-corrected chi connectivity index (χ0v) is 8.25. The van der Waals surface area contributed by atoms with Crippen molar-refractivity contribution in [1.29, 1.82) is 0 Å². The molecule has 0 aliphatic heterocycles. The Morgan fingerprint density at radius 2 is 2.31 bits per heavy atom. The van der Waals surface area contributed by atoms with Crippen LogP contribution in [0.2, 0.25) is 0 Å². The molecule has 0 amide bonds. The van der Waals surface area contributed by atoms with Gasteiger partial charge in [0.1, 0.15) is 6.61 Å². The molecule has 0 heterocycles. The molecule has 0 aromatic rings. The third kappa shape index (κ3) is 9.48. The standard InChI is InChI=1S/C7H14O5S/c1-3-10-6-7(2)11-4-5-12-13(8)9/h3,7H,1,4-6H2,2H3,(H,8,9)/p-1. The van der Waals surface area contributed by atoms with Crippen LogP contribution in [0.4, 0.5) is 0 Å². The van der Waals surface area contributed by atoms with E-state index >= 15 is 0 Å². The van der Waals surface area contributed by atoms with Crippen molar-refractivity contribution in [2.75, 3.05) is 19.8 Å². The average Bonchev–Trinajstić information content (AvgIpc) is 2.08. The van der Waals surface area contributed by atoms with Crippen LogP contribution in [0.15, 0.2) is 12.8 Å². The summed E-state index contributed by atoms with van der Waals surface area (Å²) in [6, 6.07) is 0. The van der Waals surface area contributed by atoms with Gasteiger partial charge in [0.05, 0.1) is 36.9 Å². The zero-order valence-electron chi connectivity index (χ0n) is 7.43. The first-order valence-corrected chi connectivity index (χ1v) is 4.73. The Morgan fingerprint density at radius 1 is 1.62 bits per heavy atom. The van der Waals surface area contributed by atoms with E-state index in [1.807, 2.05) is 0 Å². The van der Waals surface area contributed by atoms with E-state index in [1.54, 1.807) is 6.92 Å². The quantitative estimate of drug-likeness (QED) is 0.328. The second kappa shape index (κ2) is 8.18. The van der Waals surface area contributed by atoms with Gasteiger partial charge in [0.15, 0.2) is 0 Å². The second-order valence-electron chi connectivity index (χ2n) is 2.21. The van der Waals surface area contributed by atoms with Crippen LogP contribution in [-0.4, -0.2) is 34.7 Å². The lowest BCUT2D eigenvalue weighted by molar-refractivity contribution is 0.00746. The molecule has 78 valence electrons. The normalized spacial score (nSPS) is 14.9. The van der Waals surface area contributed by atoms with Crippen molar-refractivity contribution in [2.24, 2.45) is 0 Å². The number of hydrogen-bond acceptors (Lipinski definition) is 5. The molecular formula is C7H13O5S-. The van der Waals surface area contributed by atoms with Gasteiger partial charge in [0.25, 0.3) is 0 Å². The van der Waals surface area contributed by atoms with Crippen molar-refractivity contribution in [3.63, 3.8) is 0 Å². The largest absolute Gasteiger partial charge is 0.750 e. The van der Waals surface area contributed by atoms with Crippen molar-refractivity contribution < 1.29 is 22.4 Å². The second-order valence-corrected chi connectivity index (χ2v) is 2.85. The summed E-state index contributed by atoms with van der Waals surface area (Å²) in [6.07, 6.45) is 1.21. The summed E-state index contributed by atoms with van der Waals surface area (Å²) in [6.45, 7) is 5.80. The van der Waals surface area contributed by atoms with Gasteiger partial charge >= 0.3 is 0 Å². The van der Waals surface area contributed by atoms with Crippen LogP contribution < -0.4 is 0 Å². The fourth-order valence-corrected chi connectivity index (χ4v) is 0.807. The van der Waals surface area contributed by atoms with Gasteiger partial charge in [0.2, 0.25) is 0 Å². The van der Waals surface area contributed by atoms with E-state index in [-0.39, 0.29) is 19.3 Å². The lowest BCUT2D eigenvalue weighted by atomic mass is 10.4. The SMILES string of the molecule is C=COCC(C)OCCOS(=O)[O-]. The summed E-state index contributed by atoms with van der Waals surface area (Å²) in [5, 5.41) is 0. The third-order valence-corrected chi connectivity index (χ3v) is 1.47. The van der Waals surface area contributed by atoms with Crippen LogP contribution in [0.5, 0.6) is 0 Å². The minimum Gasteiger partial charge on any atom is -0.750 e. The Balaban J connectivity index is 3.21. The van der Waals surface area contributed by atoms with Gasteiger partial charge in [-0.2, -0.15) is 0 Å². The van der Waals surface area contributed by atoms with E-state index in [2.05, 4.69) is 10.8 Å². The predicted octanol–water partition coefficient (Wildman–Crippen LogP) is 0.362. The maximum Gasteiger partial charge on any atom is 0.113 e. The van der Waals surface area contributed by atoms with Gasteiger partial charge in [-0.3, -0.25) is 4.18 Å². The fourth-order valence-electron chi connectivity index (χ4n) is 0.603. The van der Waals surface area contributed by atoms with E-state index in [1.165, 1.54) is 6.26 Å². The highest BCUT2D eigenvalue weighted by Gasteiger charge is 2.00. The summed E-state index contributed by atoms with van der Waals surface area (Å²) >= 11 is -2.46. The molecule has 5 nitrogen and oxygen atoms in total. The molecule has 2 atom stereocenters. The monoisotopic (exact) mass is 209 g/mol. The topological polar surface area (TPSA) is 67.8 Å². The van der Waals surface area contributed by atoms with E-state index in [4.69, 9.17) is 9.47 Å². The van der Waals surface area contributed by atoms with Crippen molar-refractivity contribution >= 4 is 11.4 Å². The number of ether oxygens (including phenoxy) is 2. The van der Waals surface area contributed by atoms with Crippen molar-refractivity contribution in [3.05, 3.63) is 12.8 Å². The molecule has 0 spiro atoms. The molecule has 0 bridgehead atoms. The van der Waals surface area contributed by atoms with Crippen molar-refractivity contribution in [1.82, 2.24) is 0 Å². The van der Waals surface area contributed by atoms with Crippen LogP contribution in [0.25, 0.3) is 0 Å². The molecule has 0 saturated heterocycles. The predicted molar refractivity (Wildman–Crippen MR) is 46.4 cm³/mol. The average molecular weight is 209 g/mol. The van der Waals surface area contributed by atoms with Gasteiger partial charge in [-0.15, -0.1) is 0 Å². The summed E-state index contributed by atoms with van der Waals surface area (Å²) in [7, 11) is 0. The minimum atomic E-state index is -2.46. The highest BCUT2D eigenvalue weighted by molar-refractivity contribution is 7.74. The molecule has 0 rings (SSSR count). The molecule has 0 aliphatic rings. The lowest BCUT2D eigenvalue weighted by Gasteiger charge is -2.12. The first kappa shape index (κ1) is 12.6. The van der Waals surface area contributed by atoms with Gasteiger partial charge in [-0.05, 0) is 6.92 Å². The van der Waals surface area contributed by atoms with Gasteiger partial charge in [0, 0.05) is 0 Å². The smallest absolute Gasteiger partial charge is 0.113 e. The molecule has 0 fully saturated rings. The highest BCUT2D eigenvalue weighted by Crippen LogP contribution is 1.92. The Morgan fingerprint density at radius 3 is 2.85 bits per heavy atom. The molecule has 0 aliphatic carbocycles. The molecule has 13 heavy (non-hydrogen) atoms. The zero-order chi connectivity index (χ0) is 10.1.